The molecule has 36 heavy (non-hydrogen) atoms. The van der Waals surface area contributed by atoms with Crippen LogP contribution in [0, 0.1) is 5.41 Å². The molecule has 0 fully saturated rings. The maximum Gasteiger partial charge on any atom is 0.115 e. The summed E-state index contributed by atoms with van der Waals surface area (Å²) in [5.74, 6) is 0.322. The number of allylic oxidation sites excluding steroid dienone is 1. The number of phenols is 1. The standard InChI is InChI=1S/C17H18ClN.C6H6O.2C2H6.CH3N.CH4O.CH2O/c1-13(9-10-19)11-14-7-8-16(17(18)12-14)15-5-3-2-4-6-15;7-6-4-2-1-3-5-6;5*1-2/h2-9,12H,10-11,19H2,1H3;1-5,7H;2*1-2H3;2H,1H2;2H,1H3;1H2/b13-9-;;;;;;. The van der Waals surface area contributed by atoms with Crippen LogP contribution in [0.15, 0.2) is 90.5 Å². The van der Waals surface area contributed by atoms with Crippen LogP contribution in [0.3, 0.4) is 0 Å². The Morgan fingerprint density at radius 2 is 1.33 bits per heavy atom. The predicted octanol–water partition coefficient (Wildman–Crippen LogP) is 7.59. The zero-order valence-corrected chi connectivity index (χ0v) is 23.4. The summed E-state index contributed by atoms with van der Waals surface area (Å²) in [5.41, 5.74) is 10.2. The van der Waals surface area contributed by atoms with Crippen molar-refractivity contribution in [3.8, 4) is 16.9 Å². The highest BCUT2D eigenvalue weighted by molar-refractivity contribution is 6.33. The molecule has 6 heteroatoms. The molecule has 0 unspecified atom stereocenters. The van der Waals surface area contributed by atoms with Crippen LogP contribution in [0.25, 0.3) is 11.1 Å². The van der Waals surface area contributed by atoms with Gasteiger partial charge in [0.25, 0.3) is 0 Å². The van der Waals surface area contributed by atoms with Crippen molar-refractivity contribution in [2.24, 2.45) is 5.73 Å². The first-order valence-electron chi connectivity index (χ1n) is 11.6. The first-order chi connectivity index (χ1) is 17.6. The van der Waals surface area contributed by atoms with Gasteiger partial charge in [-0.05, 0) is 49.4 Å². The fraction of sp³-hybridized carbons (Fsp3) is 0.267. The number of carbonyl (C=O) groups excluding carboxylic acids is 1. The van der Waals surface area contributed by atoms with E-state index in [0.29, 0.717) is 12.3 Å². The van der Waals surface area contributed by atoms with Gasteiger partial charge in [0.1, 0.15) is 12.5 Å². The molecule has 3 rings (SSSR count). The van der Waals surface area contributed by atoms with Crippen LogP contribution in [0.5, 0.6) is 5.75 Å². The molecule has 0 aromatic heterocycles. The molecule has 5 N–H and O–H groups in total. The second-order valence-electron chi connectivity index (χ2n) is 5.98. The van der Waals surface area contributed by atoms with E-state index in [0.717, 1.165) is 29.7 Å². The Kier molecular flexibility index (Phi) is 35.2. The van der Waals surface area contributed by atoms with Gasteiger partial charge < -0.3 is 26.2 Å². The normalized spacial score (nSPS) is 8.53. The molecule has 5 nitrogen and oxygen atoms in total. The summed E-state index contributed by atoms with van der Waals surface area (Å²) in [5, 5.41) is 21.9. The molecule has 0 aliphatic carbocycles. The molecule has 0 radical (unpaired) electrons. The highest BCUT2D eigenvalue weighted by Gasteiger charge is 2.04. The second-order valence-corrected chi connectivity index (χ2v) is 6.39. The van der Waals surface area contributed by atoms with Gasteiger partial charge in [0.05, 0.1) is 0 Å². The number of aliphatic hydroxyl groups is 1. The monoisotopic (exact) mass is 516 g/mol. The fourth-order valence-electron chi connectivity index (χ4n) is 2.54. The zero-order chi connectivity index (χ0) is 28.8. The van der Waals surface area contributed by atoms with Gasteiger partial charge in [-0.2, -0.15) is 0 Å². The van der Waals surface area contributed by atoms with Gasteiger partial charge in [-0.1, -0.05) is 112 Å². The van der Waals surface area contributed by atoms with Crippen molar-refractivity contribution in [2.45, 2.75) is 41.0 Å². The molecule has 0 saturated carbocycles. The van der Waals surface area contributed by atoms with Gasteiger partial charge in [-0.25, -0.2) is 0 Å². The van der Waals surface area contributed by atoms with Gasteiger partial charge in [0, 0.05) is 24.2 Å². The number of hydrogen-bond donors (Lipinski definition) is 4. The predicted molar refractivity (Wildman–Crippen MR) is 159 cm³/mol. The first-order valence-corrected chi connectivity index (χ1v) is 12.0. The first kappa shape index (κ1) is 39.9. The number of hydrogen-bond acceptors (Lipinski definition) is 5. The molecule has 0 heterocycles. The number of rotatable bonds is 4. The van der Waals surface area contributed by atoms with Crippen LogP contribution in [-0.2, 0) is 11.2 Å². The van der Waals surface area contributed by atoms with Gasteiger partial charge >= 0.3 is 0 Å². The zero-order valence-electron chi connectivity index (χ0n) is 22.7. The van der Waals surface area contributed by atoms with Crippen molar-refractivity contribution in [3.63, 3.8) is 0 Å². The summed E-state index contributed by atoms with van der Waals surface area (Å²) >= 11 is 6.38. The lowest BCUT2D eigenvalue weighted by molar-refractivity contribution is -0.0980. The average Bonchev–Trinajstić information content (AvgIpc) is 2.96. The highest BCUT2D eigenvalue weighted by atomic mass is 35.5. The van der Waals surface area contributed by atoms with Crippen molar-refractivity contribution in [3.05, 3.63) is 101 Å². The molecular formula is C30H45ClN2O3. The largest absolute Gasteiger partial charge is 0.508 e. The van der Waals surface area contributed by atoms with Crippen LogP contribution in [0.4, 0.5) is 0 Å². The number of phenolic OH excluding ortho intramolecular Hbond substituents is 1. The minimum atomic E-state index is 0.322. The van der Waals surface area contributed by atoms with E-state index in [1.165, 1.54) is 11.1 Å². The van der Waals surface area contributed by atoms with Gasteiger partial charge in [-0.3, -0.25) is 0 Å². The summed E-state index contributed by atoms with van der Waals surface area (Å²) < 4.78 is 0. The molecular weight excluding hydrogens is 472 g/mol. The Hall–Kier alpha value is -3.25. The van der Waals surface area contributed by atoms with E-state index in [4.69, 9.17) is 37.8 Å². The van der Waals surface area contributed by atoms with E-state index in [2.05, 4.69) is 37.9 Å². The number of nitrogens with one attached hydrogen (secondary N) is 1. The Morgan fingerprint density at radius 1 is 0.889 bits per heavy atom. The van der Waals surface area contributed by atoms with E-state index >= 15 is 0 Å². The molecule has 0 saturated heterocycles. The minimum absolute atomic E-state index is 0.322. The van der Waals surface area contributed by atoms with Crippen molar-refractivity contribution >= 4 is 25.1 Å². The molecule has 0 aliphatic rings. The van der Waals surface area contributed by atoms with Crippen molar-refractivity contribution in [1.82, 2.24) is 0 Å². The number of aliphatic hydroxyl groups excluding tert-OH is 1. The van der Waals surface area contributed by atoms with E-state index in [9.17, 15) is 0 Å². The summed E-state index contributed by atoms with van der Waals surface area (Å²) in [6.45, 7) is 15.2. The molecule has 0 spiro atoms. The number of benzene rings is 3. The summed E-state index contributed by atoms with van der Waals surface area (Å²) in [4.78, 5) is 8.00. The molecule has 0 aliphatic heterocycles. The van der Waals surface area contributed by atoms with Gasteiger partial charge in [-0.15, -0.1) is 0 Å². The fourth-order valence-corrected chi connectivity index (χ4v) is 2.86. The quantitative estimate of drug-likeness (QED) is 0.211. The third-order valence-electron chi connectivity index (χ3n) is 3.82. The lowest BCUT2D eigenvalue weighted by atomic mass is 10.0. The second kappa shape index (κ2) is 31.8. The van der Waals surface area contributed by atoms with Crippen LogP contribution in [0.2, 0.25) is 5.02 Å². The maximum atomic E-state index is 8.63. The third-order valence-corrected chi connectivity index (χ3v) is 4.14. The Labute approximate surface area is 223 Å². The average molecular weight is 517 g/mol. The van der Waals surface area contributed by atoms with Crippen LogP contribution in [0.1, 0.15) is 40.2 Å². The van der Waals surface area contributed by atoms with Gasteiger partial charge in [0.15, 0.2) is 0 Å². The van der Waals surface area contributed by atoms with Crippen LogP contribution >= 0.6 is 11.6 Å². The number of para-hydroxylation sites is 1. The Balaban J connectivity index is -0.000000250. The highest BCUT2D eigenvalue weighted by Crippen LogP contribution is 2.29. The molecule has 0 bridgehead atoms. The topological polar surface area (TPSA) is 107 Å². The minimum Gasteiger partial charge on any atom is -0.508 e. The van der Waals surface area contributed by atoms with Crippen molar-refractivity contribution in [2.75, 3.05) is 13.7 Å². The molecule has 0 atom stereocenters. The Morgan fingerprint density at radius 3 is 1.69 bits per heavy atom. The number of nitrogens with two attached hydrogens (primary N) is 1. The van der Waals surface area contributed by atoms with E-state index in [-0.39, 0.29) is 0 Å². The summed E-state index contributed by atoms with van der Waals surface area (Å²) in [6.07, 6.45) is 2.94. The lowest BCUT2D eigenvalue weighted by Crippen LogP contribution is -1.96. The van der Waals surface area contributed by atoms with Gasteiger partial charge in [0.2, 0.25) is 0 Å². The molecule has 200 valence electrons. The van der Waals surface area contributed by atoms with Crippen LogP contribution < -0.4 is 5.73 Å². The van der Waals surface area contributed by atoms with Crippen LogP contribution in [-0.4, -0.2) is 37.4 Å². The van der Waals surface area contributed by atoms with E-state index in [1.54, 1.807) is 24.3 Å². The van der Waals surface area contributed by atoms with Crippen molar-refractivity contribution < 1.29 is 15.0 Å². The van der Waals surface area contributed by atoms with E-state index < -0.39 is 0 Å². The number of halogens is 1. The lowest BCUT2D eigenvalue weighted by Gasteiger charge is -2.08. The smallest absolute Gasteiger partial charge is 0.115 e. The summed E-state index contributed by atoms with van der Waals surface area (Å²) in [7, 11) is 1.00. The molecule has 3 aromatic carbocycles. The number of carbonyl (C=O) groups is 1. The summed E-state index contributed by atoms with van der Waals surface area (Å²) in [6, 6.07) is 25.2. The maximum absolute atomic E-state index is 8.63. The third kappa shape index (κ3) is 20.2. The Bertz CT molecular complexity index is 872. The van der Waals surface area contributed by atoms with Crippen molar-refractivity contribution in [1.29, 1.82) is 5.41 Å². The number of aromatic hydroxyl groups is 1. The van der Waals surface area contributed by atoms with E-state index in [1.807, 2.05) is 70.9 Å². The molecule has 0 amide bonds. The molecule has 3 aromatic rings. The SMILES string of the molecule is C/C(=C/CN)Cc1ccc(-c2ccccc2)c(Cl)c1.C=N.C=O.CC.CC.CO.Oc1ccccc1.